The molecule has 4 aromatic rings. The lowest BCUT2D eigenvalue weighted by atomic mass is 10.00. The van der Waals surface area contributed by atoms with E-state index in [1.807, 2.05) is 4.90 Å². The Balaban J connectivity index is 1.52. The Morgan fingerprint density at radius 2 is 1.53 bits per heavy atom. The molecular formula is C32H31F7N4O4. The molecule has 252 valence electrons. The zero-order chi connectivity index (χ0) is 34.3. The molecule has 15 heteroatoms. The molecule has 0 aliphatic carbocycles. The number of furan rings is 1. The fraction of sp³-hybridized carbons (Fsp3) is 0.375. The minimum atomic E-state index is -4.92. The number of aromatic hydroxyl groups is 1. The average Bonchev–Trinajstić information content (AvgIpc) is 3.48. The summed E-state index contributed by atoms with van der Waals surface area (Å²) in [6.45, 7) is 3.00. The number of rotatable bonds is 8. The molecule has 0 amide bonds. The summed E-state index contributed by atoms with van der Waals surface area (Å²) >= 11 is 0. The second-order valence-electron chi connectivity index (χ2n) is 11.5. The van der Waals surface area contributed by atoms with E-state index < -0.39 is 58.8 Å². The van der Waals surface area contributed by atoms with Crippen molar-refractivity contribution in [3.63, 3.8) is 0 Å². The van der Waals surface area contributed by atoms with Crippen LogP contribution in [0.2, 0.25) is 0 Å². The van der Waals surface area contributed by atoms with Gasteiger partial charge in [-0.05, 0) is 42.8 Å². The van der Waals surface area contributed by atoms with Gasteiger partial charge in [-0.3, -0.25) is 18.8 Å². The summed E-state index contributed by atoms with van der Waals surface area (Å²) in [5, 5.41) is 10.4. The van der Waals surface area contributed by atoms with Crippen LogP contribution >= 0.6 is 0 Å². The highest BCUT2D eigenvalue weighted by atomic mass is 19.4. The summed E-state index contributed by atoms with van der Waals surface area (Å²) in [5.74, 6) is -2.85. The van der Waals surface area contributed by atoms with Gasteiger partial charge in [-0.1, -0.05) is 31.2 Å². The number of piperazine rings is 1. The van der Waals surface area contributed by atoms with Crippen LogP contribution in [0.5, 0.6) is 5.75 Å². The Labute approximate surface area is 263 Å². The summed E-state index contributed by atoms with van der Waals surface area (Å²) in [6.07, 6.45) is -9.55. The van der Waals surface area contributed by atoms with Crippen molar-refractivity contribution in [2.75, 3.05) is 31.1 Å². The lowest BCUT2D eigenvalue weighted by Gasteiger charge is -2.36. The second kappa shape index (κ2) is 12.9. The number of hydrogen-bond acceptors (Lipinski definition) is 6. The Hall–Kier alpha value is -4.53. The average molecular weight is 669 g/mol. The fourth-order valence-electron chi connectivity index (χ4n) is 5.88. The molecule has 1 aliphatic rings. The molecule has 0 bridgehead atoms. The second-order valence-corrected chi connectivity index (χ2v) is 11.5. The van der Waals surface area contributed by atoms with Crippen molar-refractivity contribution in [3.05, 3.63) is 115 Å². The Bertz CT molecular complexity index is 1870. The van der Waals surface area contributed by atoms with Crippen molar-refractivity contribution in [3.8, 4) is 5.75 Å². The molecule has 1 aliphatic heterocycles. The van der Waals surface area contributed by atoms with Gasteiger partial charge in [-0.2, -0.15) is 26.3 Å². The minimum Gasteiger partial charge on any atom is -0.508 e. The van der Waals surface area contributed by atoms with Crippen LogP contribution in [0.4, 0.5) is 36.4 Å². The van der Waals surface area contributed by atoms with Gasteiger partial charge in [0.1, 0.15) is 23.0 Å². The first-order chi connectivity index (χ1) is 22.1. The number of alkyl halides is 6. The molecule has 3 heterocycles. The van der Waals surface area contributed by atoms with Gasteiger partial charge in [0.25, 0.3) is 5.56 Å². The minimum absolute atomic E-state index is 0.0241. The van der Waals surface area contributed by atoms with Crippen molar-refractivity contribution in [2.45, 2.75) is 51.8 Å². The summed E-state index contributed by atoms with van der Waals surface area (Å²) in [7, 11) is 0. The van der Waals surface area contributed by atoms with Crippen LogP contribution in [0.1, 0.15) is 46.7 Å². The van der Waals surface area contributed by atoms with Crippen LogP contribution in [-0.4, -0.2) is 45.3 Å². The third-order valence-electron chi connectivity index (χ3n) is 8.33. The van der Waals surface area contributed by atoms with Gasteiger partial charge in [-0.15, -0.1) is 0 Å². The number of para-hydroxylation sites is 1. The molecule has 0 spiro atoms. The third kappa shape index (κ3) is 7.09. The number of halogens is 7. The molecule has 0 unspecified atom stereocenters. The van der Waals surface area contributed by atoms with Crippen molar-refractivity contribution >= 4 is 5.69 Å². The standard InChI is InChI=1S/C32H31F7N4O4/c1-19(22-6-3-4-9-26(22)44)16-43-29(45)28(41-14-12-40(13-15-41)17-21-10-11-27(47-21)32(37,38)39)20(2)42(30(43)46)18-23-24(31(34,35)36)7-5-8-25(23)33/h3-11,19,44H,12-18H2,1-2H3/t19-/m0/s1. The number of nitrogens with zero attached hydrogens (tertiary/aromatic N) is 4. The maximum absolute atomic E-state index is 14.9. The van der Waals surface area contributed by atoms with Crippen LogP contribution in [0.3, 0.4) is 0 Å². The Morgan fingerprint density at radius 3 is 2.15 bits per heavy atom. The molecule has 2 aromatic heterocycles. The highest BCUT2D eigenvalue weighted by Gasteiger charge is 2.36. The van der Waals surface area contributed by atoms with Crippen LogP contribution in [0.15, 0.2) is 68.6 Å². The first-order valence-electron chi connectivity index (χ1n) is 14.7. The molecule has 0 saturated carbocycles. The van der Waals surface area contributed by atoms with E-state index in [4.69, 9.17) is 4.42 Å². The van der Waals surface area contributed by atoms with E-state index >= 15 is 0 Å². The Morgan fingerprint density at radius 1 is 0.851 bits per heavy atom. The molecule has 47 heavy (non-hydrogen) atoms. The van der Waals surface area contributed by atoms with Crippen molar-refractivity contribution in [2.24, 2.45) is 0 Å². The first-order valence-corrected chi connectivity index (χ1v) is 14.7. The van der Waals surface area contributed by atoms with Gasteiger partial charge in [0, 0.05) is 49.9 Å². The van der Waals surface area contributed by atoms with Crippen LogP contribution in [0, 0.1) is 12.7 Å². The number of phenolic OH excluding ortho intramolecular Hbond substituents is 1. The predicted octanol–water partition coefficient (Wildman–Crippen LogP) is 5.97. The molecule has 2 aromatic carbocycles. The van der Waals surface area contributed by atoms with Gasteiger partial charge in [-0.25, -0.2) is 9.18 Å². The summed E-state index contributed by atoms with van der Waals surface area (Å²) in [4.78, 5) is 31.3. The summed E-state index contributed by atoms with van der Waals surface area (Å²) in [6, 6.07) is 10.9. The number of aromatic nitrogens is 2. The monoisotopic (exact) mass is 668 g/mol. The Kier molecular flexibility index (Phi) is 9.31. The highest BCUT2D eigenvalue weighted by molar-refractivity contribution is 5.50. The predicted molar refractivity (Wildman–Crippen MR) is 158 cm³/mol. The molecule has 5 rings (SSSR count). The molecule has 1 saturated heterocycles. The van der Waals surface area contributed by atoms with Crippen molar-refractivity contribution < 1.29 is 40.3 Å². The molecule has 1 atom stereocenters. The SMILES string of the molecule is Cc1c(N2CCN(Cc3ccc(C(F)(F)F)o3)CC2)c(=O)n(C[C@H](C)c2ccccc2O)c(=O)n1Cc1c(F)cccc1C(F)(F)F. The van der Waals surface area contributed by atoms with E-state index in [0.29, 0.717) is 11.6 Å². The molecule has 1 fully saturated rings. The van der Waals surface area contributed by atoms with E-state index in [1.165, 1.54) is 19.1 Å². The maximum atomic E-state index is 14.9. The van der Waals surface area contributed by atoms with Crippen LogP contribution in [0.25, 0.3) is 0 Å². The van der Waals surface area contributed by atoms with E-state index in [0.717, 1.165) is 27.3 Å². The van der Waals surface area contributed by atoms with E-state index in [2.05, 4.69) is 0 Å². The lowest BCUT2D eigenvalue weighted by molar-refractivity contribution is -0.153. The van der Waals surface area contributed by atoms with Crippen LogP contribution in [-0.2, 0) is 32.0 Å². The summed E-state index contributed by atoms with van der Waals surface area (Å²) in [5.41, 5.74) is -3.21. The van der Waals surface area contributed by atoms with Crippen LogP contribution < -0.4 is 16.1 Å². The van der Waals surface area contributed by atoms with Gasteiger partial charge >= 0.3 is 18.0 Å². The van der Waals surface area contributed by atoms with Crippen molar-refractivity contribution in [1.29, 1.82) is 0 Å². The van der Waals surface area contributed by atoms with E-state index in [1.54, 1.807) is 30.0 Å². The zero-order valence-corrected chi connectivity index (χ0v) is 25.3. The van der Waals surface area contributed by atoms with Gasteiger partial charge in [0.15, 0.2) is 0 Å². The van der Waals surface area contributed by atoms with E-state index in [9.17, 15) is 45.4 Å². The third-order valence-corrected chi connectivity index (χ3v) is 8.33. The van der Waals surface area contributed by atoms with E-state index in [-0.39, 0.29) is 62.2 Å². The fourth-order valence-corrected chi connectivity index (χ4v) is 5.88. The molecule has 1 N–H and O–H groups in total. The highest BCUT2D eigenvalue weighted by Crippen LogP contribution is 2.34. The van der Waals surface area contributed by atoms with Gasteiger partial charge < -0.3 is 14.4 Å². The maximum Gasteiger partial charge on any atom is 0.449 e. The van der Waals surface area contributed by atoms with Gasteiger partial charge in [0.2, 0.25) is 5.76 Å². The normalized spacial score (nSPS) is 15.3. The lowest BCUT2D eigenvalue weighted by Crippen LogP contribution is -2.51. The quantitative estimate of drug-likeness (QED) is 0.233. The number of hydrogen-bond donors (Lipinski definition) is 1. The zero-order valence-electron chi connectivity index (χ0n) is 25.3. The number of anilines is 1. The van der Waals surface area contributed by atoms with Gasteiger partial charge in [0.05, 0.1) is 18.7 Å². The molecular weight excluding hydrogens is 637 g/mol. The largest absolute Gasteiger partial charge is 0.508 e. The molecule has 8 nitrogen and oxygen atoms in total. The molecule has 0 radical (unpaired) electrons. The van der Waals surface area contributed by atoms with Crippen molar-refractivity contribution in [1.82, 2.24) is 14.0 Å². The number of phenols is 1. The topological polar surface area (TPSA) is 83.8 Å². The smallest absolute Gasteiger partial charge is 0.449 e. The summed E-state index contributed by atoms with van der Waals surface area (Å²) < 4.78 is 102. The first kappa shape index (κ1) is 33.8. The number of benzene rings is 2.